The number of hydrogen-bond acceptors (Lipinski definition) is 5. The second kappa shape index (κ2) is 5.40. The third kappa shape index (κ3) is 2.34. The normalized spacial score (nSPS) is 23.5. The molecule has 0 saturated carbocycles. The number of carbonyl (C=O) groups is 2. The largest absolute Gasteiger partial charge is 0.337 e. The Morgan fingerprint density at radius 1 is 1.25 bits per heavy atom. The third-order valence-electron chi connectivity index (χ3n) is 4.94. The highest BCUT2D eigenvalue weighted by Crippen LogP contribution is 2.41. The predicted octanol–water partition coefficient (Wildman–Crippen LogP) is 0.479. The molecular formula is C16H18N6O2. The molecule has 8 nitrogen and oxygen atoms in total. The Morgan fingerprint density at radius 3 is 2.75 bits per heavy atom. The van der Waals surface area contributed by atoms with Crippen LogP contribution in [-0.4, -0.2) is 56.1 Å². The van der Waals surface area contributed by atoms with Gasteiger partial charge in [-0.25, -0.2) is 9.97 Å². The fourth-order valence-corrected chi connectivity index (χ4v) is 3.69. The molecule has 2 aliphatic rings. The fourth-order valence-electron chi connectivity index (χ4n) is 3.69. The van der Waals surface area contributed by atoms with Crippen molar-refractivity contribution in [1.82, 2.24) is 24.6 Å². The Hall–Kier alpha value is -2.77. The molecule has 2 aromatic rings. The fraction of sp³-hybridized carbons (Fsp3) is 0.438. The number of anilines is 1. The van der Waals surface area contributed by atoms with Gasteiger partial charge in [0.25, 0.3) is 5.91 Å². The number of rotatable bonds is 2. The molecule has 124 valence electrons. The molecule has 2 fully saturated rings. The number of amides is 2. The van der Waals surface area contributed by atoms with Crippen LogP contribution in [0.15, 0.2) is 31.0 Å². The summed E-state index contributed by atoms with van der Waals surface area (Å²) < 4.78 is 1.58. The van der Waals surface area contributed by atoms with E-state index in [2.05, 4.69) is 15.1 Å². The molecule has 2 aliphatic heterocycles. The first-order chi connectivity index (χ1) is 11.6. The van der Waals surface area contributed by atoms with Crippen LogP contribution in [0.2, 0.25) is 0 Å². The summed E-state index contributed by atoms with van der Waals surface area (Å²) in [5.74, 6) is 0.0421. The van der Waals surface area contributed by atoms with Crippen molar-refractivity contribution in [2.24, 2.45) is 12.5 Å². The maximum absolute atomic E-state index is 12.6. The monoisotopic (exact) mass is 326 g/mol. The van der Waals surface area contributed by atoms with Crippen LogP contribution in [0.1, 0.15) is 23.3 Å². The molecule has 0 aromatic carbocycles. The Kier molecular flexibility index (Phi) is 3.33. The van der Waals surface area contributed by atoms with Gasteiger partial charge < -0.3 is 9.80 Å². The maximum Gasteiger partial charge on any atom is 0.272 e. The minimum Gasteiger partial charge on any atom is -0.337 e. The highest BCUT2D eigenvalue weighted by Gasteiger charge is 2.49. The van der Waals surface area contributed by atoms with Crippen LogP contribution in [0, 0.1) is 5.41 Å². The lowest BCUT2D eigenvalue weighted by atomic mass is 9.86. The van der Waals surface area contributed by atoms with Crippen molar-refractivity contribution in [3.8, 4) is 0 Å². The van der Waals surface area contributed by atoms with E-state index in [1.807, 2.05) is 4.90 Å². The Bertz CT molecular complexity index is 789. The Morgan fingerprint density at radius 2 is 2.04 bits per heavy atom. The van der Waals surface area contributed by atoms with Gasteiger partial charge in [0.15, 0.2) is 0 Å². The number of aromatic nitrogens is 4. The van der Waals surface area contributed by atoms with Crippen molar-refractivity contribution in [3.63, 3.8) is 0 Å². The summed E-state index contributed by atoms with van der Waals surface area (Å²) in [7, 11) is 1.76. The smallest absolute Gasteiger partial charge is 0.272 e. The molecule has 2 saturated heterocycles. The van der Waals surface area contributed by atoms with Gasteiger partial charge in [0.05, 0.1) is 18.1 Å². The van der Waals surface area contributed by atoms with E-state index in [4.69, 9.17) is 0 Å². The van der Waals surface area contributed by atoms with Gasteiger partial charge in [-0.2, -0.15) is 5.10 Å². The number of aryl methyl sites for hydroxylation is 1. The minimum atomic E-state index is -0.179. The molecule has 1 atom stereocenters. The van der Waals surface area contributed by atoms with E-state index in [1.165, 1.54) is 6.33 Å². The van der Waals surface area contributed by atoms with Crippen molar-refractivity contribution < 1.29 is 9.59 Å². The maximum atomic E-state index is 12.6. The molecule has 0 N–H and O–H groups in total. The standard InChI is InChI=1S/C16H18N6O2/c1-20-13(2-4-19-20)15(24)21-5-3-16(9-21)6-14(23)22(10-16)12-7-17-11-18-8-12/h2,4,7-8,11H,3,5-6,9-10H2,1H3/t16-/m1/s1. The van der Waals surface area contributed by atoms with Crippen LogP contribution in [0.25, 0.3) is 0 Å². The first kappa shape index (κ1) is 14.8. The van der Waals surface area contributed by atoms with Gasteiger partial charge >= 0.3 is 0 Å². The lowest BCUT2D eigenvalue weighted by Gasteiger charge is -2.24. The van der Waals surface area contributed by atoms with Gasteiger partial charge in [0.1, 0.15) is 12.0 Å². The molecule has 4 heterocycles. The van der Waals surface area contributed by atoms with Gasteiger partial charge in [-0.15, -0.1) is 0 Å². The van der Waals surface area contributed by atoms with Gasteiger partial charge in [0.2, 0.25) is 5.91 Å². The quantitative estimate of drug-likeness (QED) is 0.801. The van der Waals surface area contributed by atoms with Gasteiger partial charge in [-0.1, -0.05) is 0 Å². The molecule has 0 unspecified atom stereocenters. The van der Waals surface area contributed by atoms with Crippen molar-refractivity contribution >= 4 is 17.5 Å². The van der Waals surface area contributed by atoms with Crippen LogP contribution in [0.4, 0.5) is 5.69 Å². The van der Waals surface area contributed by atoms with Crippen molar-refractivity contribution in [2.75, 3.05) is 24.5 Å². The first-order valence-corrected chi connectivity index (χ1v) is 7.91. The number of carbonyl (C=O) groups excluding carboxylic acids is 2. The van der Waals surface area contributed by atoms with Crippen LogP contribution >= 0.6 is 0 Å². The summed E-state index contributed by atoms with van der Waals surface area (Å²) in [6.07, 6.45) is 7.65. The van der Waals surface area contributed by atoms with Crippen molar-refractivity contribution in [2.45, 2.75) is 12.8 Å². The third-order valence-corrected chi connectivity index (χ3v) is 4.94. The van der Waals surface area contributed by atoms with E-state index in [9.17, 15) is 9.59 Å². The predicted molar refractivity (Wildman–Crippen MR) is 85.2 cm³/mol. The summed E-state index contributed by atoms with van der Waals surface area (Å²) in [6.45, 7) is 1.86. The highest BCUT2D eigenvalue weighted by atomic mass is 16.2. The second-order valence-electron chi connectivity index (χ2n) is 6.57. The van der Waals surface area contributed by atoms with E-state index in [1.54, 1.807) is 41.3 Å². The molecule has 0 bridgehead atoms. The van der Waals surface area contributed by atoms with Crippen molar-refractivity contribution in [3.05, 3.63) is 36.7 Å². The topological polar surface area (TPSA) is 84.2 Å². The lowest BCUT2D eigenvalue weighted by Crippen LogP contribution is -2.35. The molecule has 2 amide bonds. The van der Waals surface area contributed by atoms with Gasteiger partial charge in [-0.05, 0) is 12.5 Å². The molecule has 4 rings (SSSR count). The van der Waals surface area contributed by atoms with E-state index in [0.29, 0.717) is 31.7 Å². The summed E-state index contributed by atoms with van der Waals surface area (Å²) in [6, 6.07) is 1.72. The van der Waals surface area contributed by atoms with Crippen LogP contribution < -0.4 is 4.90 Å². The summed E-state index contributed by atoms with van der Waals surface area (Å²) >= 11 is 0. The summed E-state index contributed by atoms with van der Waals surface area (Å²) in [5, 5.41) is 4.05. The number of nitrogens with zero attached hydrogens (tertiary/aromatic N) is 6. The van der Waals surface area contributed by atoms with Crippen LogP contribution in [-0.2, 0) is 11.8 Å². The van der Waals surface area contributed by atoms with Gasteiger partial charge in [0, 0.05) is 44.7 Å². The lowest BCUT2D eigenvalue weighted by molar-refractivity contribution is -0.117. The SMILES string of the molecule is Cn1nccc1C(=O)N1CC[C@@]2(CC(=O)N(c3cncnc3)C2)C1. The van der Waals surface area contributed by atoms with Gasteiger partial charge in [-0.3, -0.25) is 14.3 Å². The first-order valence-electron chi connectivity index (χ1n) is 7.91. The molecule has 0 radical (unpaired) electrons. The molecular weight excluding hydrogens is 308 g/mol. The zero-order valence-electron chi connectivity index (χ0n) is 13.4. The molecule has 8 heteroatoms. The number of hydrogen-bond donors (Lipinski definition) is 0. The zero-order valence-corrected chi connectivity index (χ0v) is 13.4. The van der Waals surface area contributed by atoms with E-state index in [-0.39, 0.29) is 17.2 Å². The van der Waals surface area contributed by atoms with E-state index < -0.39 is 0 Å². The average molecular weight is 326 g/mol. The van der Waals surface area contributed by atoms with E-state index >= 15 is 0 Å². The molecule has 24 heavy (non-hydrogen) atoms. The highest BCUT2D eigenvalue weighted by molar-refractivity contribution is 5.97. The van der Waals surface area contributed by atoms with Crippen LogP contribution in [0.3, 0.4) is 0 Å². The summed E-state index contributed by atoms with van der Waals surface area (Å²) in [4.78, 5) is 36.6. The Labute approximate surface area is 139 Å². The van der Waals surface area contributed by atoms with E-state index in [0.717, 1.165) is 12.1 Å². The number of likely N-dealkylation sites (tertiary alicyclic amines) is 1. The Balaban J connectivity index is 1.51. The second-order valence-corrected chi connectivity index (χ2v) is 6.57. The zero-order chi connectivity index (χ0) is 16.7. The van der Waals surface area contributed by atoms with Crippen molar-refractivity contribution in [1.29, 1.82) is 0 Å². The van der Waals surface area contributed by atoms with Crippen LogP contribution in [0.5, 0.6) is 0 Å². The summed E-state index contributed by atoms with van der Waals surface area (Å²) in [5.41, 5.74) is 1.11. The molecule has 0 aliphatic carbocycles. The minimum absolute atomic E-state index is 0.0270. The molecule has 2 aromatic heterocycles. The average Bonchev–Trinajstić information content (AvgIpc) is 3.28. The molecule has 1 spiro atoms.